The Bertz CT molecular complexity index is 757. The van der Waals surface area contributed by atoms with Crippen molar-refractivity contribution in [3.8, 4) is 0 Å². The Kier molecular flexibility index (Phi) is 4.21. The van der Waals surface area contributed by atoms with Crippen LogP contribution < -0.4 is 5.32 Å². The number of methoxy groups -OCH3 is 1. The minimum absolute atomic E-state index is 0.0208. The normalized spacial score (nSPS) is 24.0. The van der Waals surface area contributed by atoms with Gasteiger partial charge < -0.3 is 14.8 Å². The molecule has 126 valence electrons. The van der Waals surface area contributed by atoms with E-state index >= 15 is 0 Å². The van der Waals surface area contributed by atoms with Crippen molar-refractivity contribution in [2.24, 2.45) is 0 Å². The average molecular weight is 326 g/mol. The van der Waals surface area contributed by atoms with Gasteiger partial charge in [0.05, 0.1) is 23.7 Å². The molecule has 0 unspecified atom stereocenters. The molecular weight excluding hydrogens is 304 g/mol. The number of hydrogen-bond acceptors (Lipinski definition) is 4. The zero-order chi connectivity index (χ0) is 16.5. The van der Waals surface area contributed by atoms with Gasteiger partial charge in [0.25, 0.3) is 5.91 Å². The van der Waals surface area contributed by atoms with Gasteiger partial charge in [0.1, 0.15) is 6.10 Å². The molecule has 0 radical (unpaired) electrons. The lowest BCUT2D eigenvalue weighted by Crippen LogP contribution is -2.49. The Hall–Kier alpha value is -1.98. The molecule has 1 amide bonds. The Balaban J connectivity index is 1.65. The number of para-hydroxylation sites is 1. The summed E-state index contributed by atoms with van der Waals surface area (Å²) < 4.78 is 10.9. The smallest absolute Gasteiger partial charge is 0.252 e. The van der Waals surface area contributed by atoms with Crippen molar-refractivity contribution in [1.82, 2.24) is 10.3 Å². The van der Waals surface area contributed by atoms with Gasteiger partial charge in [0, 0.05) is 30.7 Å². The molecule has 24 heavy (non-hydrogen) atoms. The van der Waals surface area contributed by atoms with Gasteiger partial charge in [-0.25, -0.2) is 0 Å². The Morgan fingerprint density at radius 3 is 2.92 bits per heavy atom. The molecule has 1 saturated carbocycles. The van der Waals surface area contributed by atoms with Crippen LogP contribution in [0.4, 0.5) is 0 Å². The predicted molar refractivity (Wildman–Crippen MR) is 91.2 cm³/mol. The van der Waals surface area contributed by atoms with Crippen LogP contribution in [-0.2, 0) is 9.47 Å². The van der Waals surface area contributed by atoms with Crippen molar-refractivity contribution in [2.45, 2.75) is 37.3 Å². The molecule has 5 heteroatoms. The largest absolute Gasteiger partial charge is 0.379 e. The molecule has 1 saturated heterocycles. The highest BCUT2D eigenvalue weighted by molar-refractivity contribution is 6.06. The number of pyridine rings is 1. The predicted octanol–water partition coefficient (Wildman–Crippen LogP) is 2.65. The molecule has 0 spiro atoms. The van der Waals surface area contributed by atoms with Crippen molar-refractivity contribution in [1.29, 1.82) is 0 Å². The van der Waals surface area contributed by atoms with Crippen molar-refractivity contribution in [3.63, 3.8) is 0 Å². The third-order valence-corrected chi connectivity index (χ3v) is 4.90. The molecule has 2 fully saturated rings. The van der Waals surface area contributed by atoms with Crippen molar-refractivity contribution >= 4 is 16.8 Å². The van der Waals surface area contributed by atoms with Crippen LogP contribution in [0.3, 0.4) is 0 Å². The Morgan fingerprint density at radius 2 is 2.12 bits per heavy atom. The number of carbonyl (C=O) groups is 1. The maximum absolute atomic E-state index is 12.9. The summed E-state index contributed by atoms with van der Waals surface area (Å²) in [5.74, 6) is 0.459. The van der Waals surface area contributed by atoms with Crippen molar-refractivity contribution in [2.75, 3.05) is 20.3 Å². The fourth-order valence-corrected chi connectivity index (χ4v) is 3.33. The second kappa shape index (κ2) is 6.49. The lowest BCUT2D eigenvalue weighted by Gasteiger charge is -2.31. The van der Waals surface area contributed by atoms with E-state index in [0.29, 0.717) is 24.7 Å². The SMILES string of the molecule is CO[C@@H]1COCC[C@H]1NC(=O)c1cc(C2CC2)nc2ccccc12. The van der Waals surface area contributed by atoms with E-state index in [1.54, 1.807) is 7.11 Å². The Morgan fingerprint density at radius 1 is 1.29 bits per heavy atom. The summed E-state index contributed by atoms with van der Waals surface area (Å²) in [5.41, 5.74) is 2.64. The van der Waals surface area contributed by atoms with Gasteiger partial charge in [0.2, 0.25) is 0 Å². The number of nitrogens with one attached hydrogen (secondary N) is 1. The molecule has 2 aliphatic rings. The molecule has 2 aromatic rings. The zero-order valence-electron chi connectivity index (χ0n) is 13.8. The van der Waals surface area contributed by atoms with Crippen LogP contribution in [0, 0.1) is 0 Å². The fraction of sp³-hybridized carbons (Fsp3) is 0.474. The van der Waals surface area contributed by atoms with Gasteiger partial charge in [0.15, 0.2) is 0 Å². The topological polar surface area (TPSA) is 60.5 Å². The molecule has 1 aromatic heterocycles. The van der Waals surface area contributed by atoms with E-state index in [9.17, 15) is 4.79 Å². The standard InChI is InChI=1S/C19H22N2O3/c1-23-18-11-24-9-8-16(18)21-19(22)14-10-17(12-6-7-12)20-15-5-3-2-4-13(14)15/h2-5,10,12,16,18H,6-9,11H2,1H3,(H,21,22)/t16-,18-/m1/s1. The number of carbonyl (C=O) groups excluding carboxylic acids is 1. The second-order valence-electron chi connectivity index (χ2n) is 6.60. The molecule has 1 aromatic carbocycles. The van der Waals surface area contributed by atoms with Gasteiger partial charge in [-0.1, -0.05) is 18.2 Å². The molecule has 1 aliphatic heterocycles. The van der Waals surface area contributed by atoms with Crippen LogP contribution in [0.25, 0.3) is 10.9 Å². The molecular formula is C19H22N2O3. The molecule has 2 atom stereocenters. The molecule has 5 nitrogen and oxygen atoms in total. The quantitative estimate of drug-likeness (QED) is 0.938. The highest BCUT2D eigenvalue weighted by Crippen LogP contribution is 2.40. The molecule has 0 bridgehead atoms. The number of rotatable bonds is 4. The van der Waals surface area contributed by atoms with E-state index < -0.39 is 0 Å². The fourth-order valence-electron chi connectivity index (χ4n) is 3.33. The van der Waals surface area contributed by atoms with Gasteiger partial charge >= 0.3 is 0 Å². The maximum Gasteiger partial charge on any atom is 0.252 e. The summed E-state index contributed by atoms with van der Waals surface area (Å²) in [6.07, 6.45) is 3.00. The molecule has 1 aliphatic carbocycles. The van der Waals surface area contributed by atoms with Gasteiger partial charge in [-0.05, 0) is 31.4 Å². The summed E-state index contributed by atoms with van der Waals surface area (Å²) in [6, 6.07) is 9.80. The van der Waals surface area contributed by atoms with Crippen LogP contribution in [0.5, 0.6) is 0 Å². The van der Waals surface area contributed by atoms with Crippen molar-refractivity contribution < 1.29 is 14.3 Å². The zero-order valence-corrected chi connectivity index (χ0v) is 13.8. The van der Waals surface area contributed by atoms with E-state index in [2.05, 4.69) is 5.32 Å². The summed E-state index contributed by atoms with van der Waals surface area (Å²) in [7, 11) is 1.66. The number of ether oxygens (including phenoxy) is 2. The molecule has 1 N–H and O–H groups in total. The first-order valence-electron chi connectivity index (χ1n) is 8.57. The van der Waals surface area contributed by atoms with Crippen LogP contribution in [0.1, 0.15) is 41.2 Å². The first-order valence-corrected chi connectivity index (χ1v) is 8.57. The van der Waals surface area contributed by atoms with Gasteiger partial charge in [-0.15, -0.1) is 0 Å². The van der Waals surface area contributed by atoms with E-state index in [0.717, 1.165) is 35.9 Å². The lowest BCUT2D eigenvalue weighted by molar-refractivity contribution is -0.0479. The average Bonchev–Trinajstić information content (AvgIpc) is 3.46. The van der Waals surface area contributed by atoms with Crippen LogP contribution in [0.2, 0.25) is 0 Å². The highest BCUT2D eigenvalue weighted by Gasteiger charge is 2.30. The molecule has 2 heterocycles. The van der Waals surface area contributed by atoms with E-state index in [1.165, 1.54) is 0 Å². The second-order valence-corrected chi connectivity index (χ2v) is 6.60. The van der Waals surface area contributed by atoms with Gasteiger partial charge in [-0.3, -0.25) is 9.78 Å². The first kappa shape index (κ1) is 15.5. The van der Waals surface area contributed by atoms with Crippen LogP contribution >= 0.6 is 0 Å². The lowest BCUT2D eigenvalue weighted by atomic mass is 10.0. The van der Waals surface area contributed by atoms with Crippen LogP contribution in [-0.4, -0.2) is 43.4 Å². The molecule has 4 rings (SSSR count). The summed E-state index contributed by atoms with van der Waals surface area (Å²) in [5, 5.41) is 4.05. The van der Waals surface area contributed by atoms with Crippen LogP contribution in [0.15, 0.2) is 30.3 Å². The maximum atomic E-state index is 12.9. The monoisotopic (exact) mass is 326 g/mol. The number of fused-ring (bicyclic) bond motifs is 1. The number of amides is 1. The van der Waals surface area contributed by atoms with Crippen molar-refractivity contribution in [3.05, 3.63) is 41.6 Å². The first-order chi connectivity index (χ1) is 11.8. The van der Waals surface area contributed by atoms with Gasteiger partial charge in [-0.2, -0.15) is 0 Å². The number of benzene rings is 1. The van der Waals surface area contributed by atoms with E-state index in [-0.39, 0.29) is 18.1 Å². The minimum atomic E-state index is -0.0984. The number of nitrogens with zero attached hydrogens (tertiary/aromatic N) is 1. The number of hydrogen-bond donors (Lipinski definition) is 1. The third kappa shape index (κ3) is 3.01. The highest BCUT2D eigenvalue weighted by atomic mass is 16.5. The summed E-state index contributed by atoms with van der Waals surface area (Å²) in [6.45, 7) is 1.17. The summed E-state index contributed by atoms with van der Waals surface area (Å²) in [4.78, 5) is 17.7. The number of aromatic nitrogens is 1. The third-order valence-electron chi connectivity index (χ3n) is 4.90. The Labute approximate surface area is 141 Å². The van der Waals surface area contributed by atoms with E-state index in [4.69, 9.17) is 14.5 Å². The van der Waals surface area contributed by atoms with E-state index in [1.807, 2.05) is 30.3 Å². The minimum Gasteiger partial charge on any atom is -0.379 e. The summed E-state index contributed by atoms with van der Waals surface area (Å²) >= 11 is 0.